The number of aromatic nitrogens is 1. The number of benzene rings is 2. The zero-order valence-corrected chi connectivity index (χ0v) is 9.76. The van der Waals surface area contributed by atoms with E-state index in [2.05, 4.69) is 29.2 Å². The first kappa shape index (κ1) is 9.71. The van der Waals surface area contributed by atoms with Crippen molar-refractivity contribution < 1.29 is 4.42 Å². The van der Waals surface area contributed by atoms with Crippen LogP contribution in [0.3, 0.4) is 0 Å². The SMILES string of the molecule is Nc1cccc2oc(C3Cc4ccccc43)nc12. The largest absolute Gasteiger partial charge is 0.440 e. The van der Waals surface area contributed by atoms with Gasteiger partial charge in [0.05, 0.1) is 11.6 Å². The molecule has 0 amide bonds. The Morgan fingerprint density at radius 1 is 1.11 bits per heavy atom. The minimum Gasteiger partial charge on any atom is -0.440 e. The second-order valence-electron chi connectivity index (χ2n) is 4.70. The molecule has 0 aliphatic heterocycles. The maximum absolute atomic E-state index is 5.90. The summed E-state index contributed by atoms with van der Waals surface area (Å²) >= 11 is 0. The topological polar surface area (TPSA) is 52.0 Å². The van der Waals surface area contributed by atoms with E-state index in [0.717, 1.165) is 23.4 Å². The molecule has 1 atom stereocenters. The summed E-state index contributed by atoms with van der Waals surface area (Å²) in [6.45, 7) is 0. The van der Waals surface area contributed by atoms with Gasteiger partial charge in [0.25, 0.3) is 0 Å². The highest BCUT2D eigenvalue weighted by atomic mass is 16.3. The van der Waals surface area contributed by atoms with E-state index in [1.165, 1.54) is 11.1 Å². The normalized spacial score (nSPS) is 17.4. The zero-order valence-electron chi connectivity index (χ0n) is 9.76. The summed E-state index contributed by atoms with van der Waals surface area (Å²) in [5.41, 5.74) is 10.8. The van der Waals surface area contributed by atoms with Crippen molar-refractivity contribution in [3.8, 4) is 0 Å². The number of fused-ring (bicyclic) bond motifs is 2. The maximum atomic E-state index is 5.90. The molecule has 88 valence electrons. The summed E-state index contributed by atoms with van der Waals surface area (Å²) in [7, 11) is 0. The van der Waals surface area contributed by atoms with Gasteiger partial charge in [-0.05, 0) is 29.7 Å². The molecular weight excluding hydrogens is 224 g/mol. The molecule has 18 heavy (non-hydrogen) atoms. The number of anilines is 1. The highest BCUT2D eigenvalue weighted by molar-refractivity contribution is 5.85. The molecule has 1 unspecified atom stereocenters. The van der Waals surface area contributed by atoms with Gasteiger partial charge < -0.3 is 10.2 Å². The van der Waals surface area contributed by atoms with Gasteiger partial charge in [0.1, 0.15) is 5.52 Å². The first-order valence-corrected chi connectivity index (χ1v) is 6.05. The van der Waals surface area contributed by atoms with Crippen molar-refractivity contribution in [2.24, 2.45) is 0 Å². The van der Waals surface area contributed by atoms with Crippen LogP contribution >= 0.6 is 0 Å². The number of nitrogen functional groups attached to an aromatic ring is 1. The van der Waals surface area contributed by atoms with Gasteiger partial charge in [0.2, 0.25) is 5.89 Å². The Hall–Kier alpha value is -2.29. The zero-order chi connectivity index (χ0) is 12.1. The summed E-state index contributed by atoms with van der Waals surface area (Å²) in [5, 5.41) is 0. The van der Waals surface area contributed by atoms with Crippen molar-refractivity contribution in [2.45, 2.75) is 12.3 Å². The standard InChI is InChI=1S/C15H12N2O/c16-12-6-3-7-13-14(12)17-15(18-13)11-8-9-4-1-2-5-10(9)11/h1-7,11H,8,16H2. The molecule has 4 rings (SSSR count). The number of rotatable bonds is 1. The quantitative estimate of drug-likeness (QED) is 0.660. The van der Waals surface area contributed by atoms with Crippen LogP contribution in [-0.2, 0) is 6.42 Å². The van der Waals surface area contributed by atoms with E-state index < -0.39 is 0 Å². The second-order valence-corrected chi connectivity index (χ2v) is 4.70. The summed E-state index contributed by atoms with van der Waals surface area (Å²) in [6, 6.07) is 14.1. The molecule has 2 aromatic carbocycles. The van der Waals surface area contributed by atoms with E-state index in [1.54, 1.807) is 0 Å². The fraction of sp³-hybridized carbons (Fsp3) is 0.133. The van der Waals surface area contributed by atoms with Crippen LogP contribution in [0.2, 0.25) is 0 Å². The Balaban J connectivity index is 1.84. The fourth-order valence-electron chi connectivity index (χ4n) is 2.62. The smallest absolute Gasteiger partial charge is 0.203 e. The molecule has 1 aliphatic carbocycles. The molecule has 3 aromatic rings. The first-order chi connectivity index (χ1) is 8.83. The van der Waals surface area contributed by atoms with Crippen molar-refractivity contribution in [3.63, 3.8) is 0 Å². The molecule has 3 nitrogen and oxygen atoms in total. The van der Waals surface area contributed by atoms with Crippen molar-refractivity contribution in [2.75, 3.05) is 5.73 Å². The minimum atomic E-state index is 0.285. The van der Waals surface area contributed by atoms with Gasteiger partial charge in [0.15, 0.2) is 5.58 Å². The van der Waals surface area contributed by atoms with Crippen molar-refractivity contribution in [1.82, 2.24) is 4.98 Å². The van der Waals surface area contributed by atoms with Crippen LogP contribution in [0.5, 0.6) is 0 Å². The van der Waals surface area contributed by atoms with Crippen molar-refractivity contribution >= 4 is 16.8 Å². The predicted molar refractivity (Wildman–Crippen MR) is 70.4 cm³/mol. The summed E-state index contributed by atoms with van der Waals surface area (Å²) in [5.74, 6) is 1.06. The highest BCUT2D eigenvalue weighted by Crippen LogP contribution is 2.40. The number of hydrogen-bond donors (Lipinski definition) is 1. The van der Waals surface area contributed by atoms with Crippen LogP contribution in [0.25, 0.3) is 11.1 Å². The molecule has 0 fully saturated rings. The minimum absolute atomic E-state index is 0.285. The Kier molecular flexibility index (Phi) is 1.81. The van der Waals surface area contributed by atoms with Gasteiger partial charge in [-0.15, -0.1) is 0 Å². The van der Waals surface area contributed by atoms with Gasteiger partial charge >= 0.3 is 0 Å². The van der Waals surface area contributed by atoms with Crippen LogP contribution in [0.15, 0.2) is 46.9 Å². The van der Waals surface area contributed by atoms with Crippen molar-refractivity contribution in [3.05, 3.63) is 59.5 Å². The lowest BCUT2D eigenvalue weighted by Gasteiger charge is -2.27. The Bertz CT molecular complexity index is 745. The van der Waals surface area contributed by atoms with Gasteiger partial charge in [-0.1, -0.05) is 30.3 Å². The molecule has 1 heterocycles. The molecule has 3 heteroatoms. The molecule has 1 aromatic heterocycles. The van der Waals surface area contributed by atoms with Crippen molar-refractivity contribution in [1.29, 1.82) is 0 Å². The molecule has 1 aliphatic rings. The van der Waals surface area contributed by atoms with Crippen LogP contribution < -0.4 is 5.73 Å². The first-order valence-electron chi connectivity index (χ1n) is 6.05. The third-order valence-corrected chi connectivity index (χ3v) is 3.62. The lowest BCUT2D eigenvalue weighted by molar-refractivity contribution is 0.476. The van der Waals surface area contributed by atoms with E-state index in [1.807, 2.05) is 18.2 Å². The van der Waals surface area contributed by atoms with E-state index >= 15 is 0 Å². The lowest BCUT2D eigenvalue weighted by Crippen LogP contribution is -2.18. The third-order valence-electron chi connectivity index (χ3n) is 3.62. The number of para-hydroxylation sites is 1. The van der Waals surface area contributed by atoms with Crippen LogP contribution in [0.1, 0.15) is 22.9 Å². The van der Waals surface area contributed by atoms with Gasteiger partial charge in [-0.3, -0.25) is 0 Å². The monoisotopic (exact) mass is 236 g/mol. The summed E-state index contributed by atoms with van der Waals surface area (Å²) in [6.07, 6.45) is 1.00. The highest BCUT2D eigenvalue weighted by Gasteiger charge is 2.31. The molecule has 0 bridgehead atoms. The number of nitrogens with two attached hydrogens (primary N) is 1. The number of nitrogens with zero attached hydrogens (tertiary/aromatic N) is 1. The molecule has 0 saturated heterocycles. The summed E-state index contributed by atoms with van der Waals surface area (Å²) < 4.78 is 5.82. The predicted octanol–water partition coefficient (Wildman–Crippen LogP) is 3.10. The Morgan fingerprint density at radius 3 is 2.83 bits per heavy atom. The third kappa shape index (κ3) is 1.21. The van der Waals surface area contributed by atoms with E-state index in [0.29, 0.717) is 5.69 Å². The second kappa shape index (κ2) is 3.35. The van der Waals surface area contributed by atoms with E-state index in [4.69, 9.17) is 10.2 Å². The average molecular weight is 236 g/mol. The molecular formula is C15H12N2O. The molecule has 0 saturated carbocycles. The summed E-state index contributed by atoms with van der Waals surface area (Å²) in [4.78, 5) is 4.54. The van der Waals surface area contributed by atoms with E-state index in [9.17, 15) is 0 Å². The number of oxazole rings is 1. The van der Waals surface area contributed by atoms with Gasteiger partial charge in [-0.25, -0.2) is 4.98 Å². The fourth-order valence-corrected chi connectivity index (χ4v) is 2.62. The van der Waals surface area contributed by atoms with Crippen LogP contribution in [0, 0.1) is 0 Å². The number of hydrogen-bond acceptors (Lipinski definition) is 3. The lowest BCUT2D eigenvalue weighted by atomic mass is 9.77. The van der Waals surface area contributed by atoms with Gasteiger partial charge in [-0.2, -0.15) is 0 Å². The average Bonchev–Trinajstić information content (AvgIpc) is 2.76. The Labute approximate surface area is 104 Å². The van der Waals surface area contributed by atoms with Crippen LogP contribution in [0.4, 0.5) is 5.69 Å². The molecule has 0 radical (unpaired) electrons. The molecule has 2 N–H and O–H groups in total. The van der Waals surface area contributed by atoms with Gasteiger partial charge in [0, 0.05) is 0 Å². The van der Waals surface area contributed by atoms with Crippen LogP contribution in [-0.4, -0.2) is 4.98 Å². The Morgan fingerprint density at radius 2 is 2.00 bits per heavy atom. The maximum Gasteiger partial charge on any atom is 0.203 e. The van der Waals surface area contributed by atoms with E-state index in [-0.39, 0.29) is 5.92 Å². The molecule has 0 spiro atoms.